The summed E-state index contributed by atoms with van der Waals surface area (Å²) in [5.74, 6) is -2.65. The monoisotopic (exact) mass is 376 g/mol. The zero-order chi connectivity index (χ0) is 15.9. The zero-order valence-corrected chi connectivity index (χ0v) is 13.6. The summed E-state index contributed by atoms with van der Waals surface area (Å²) in [6.45, 7) is 0. The van der Waals surface area contributed by atoms with Gasteiger partial charge in [0.05, 0.1) is 5.92 Å². The molecule has 2 aromatic carbocycles. The van der Waals surface area contributed by atoms with Gasteiger partial charge in [0.2, 0.25) is 11.6 Å². The van der Waals surface area contributed by atoms with Crippen LogP contribution in [0.1, 0.15) is 26.3 Å². The van der Waals surface area contributed by atoms with Gasteiger partial charge in [-0.05, 0) is 30.2 Å². The third-order valence-electron chi connectivity index (χ3n) is 3.76. The zero-order valence-electron chi connectivity index (χ0n) is 11.3. The first kappa shape index (κ1) is 15.1. The summed E-state index contributed by atoms with van der Waals surface area (Å²) < 4.78 is 0.837. The second-order valence-electron chi connectivity index (χ2n) is 5.09. The average Bonchev–Trinajstić information content (AvgIpc) is 2.51. The molecule has 3 rings (SSSR count). The highest BCUT2D eigenvalue weighted by Gasteiger charge is 2.39. The van der Waals surface area contributed by atoms with Crippen molar-refractivity contribution in [3.8, 4) is 0 Å². The van der Waals surface area contributed by atoms with Crippen LogP contribution in [0, 0.1) is 5.92 Å². The SMILES string of the molecule is O=C1C(=O)C(C(=O)c2ccc(Br)cc2)Cc2c(Cl)cccc21. The van der Waals surface area contributed by atoms with E-state index in [2.05, 4.69) is 15.9 Å². The fourth-order valence-corrected chi connectivity index (χ4v) is 3.11. The van der Waals surface area contributed by atoms with E-state index in [1.54, 1.807) is 42.5 Å². The molecular weight excluding hydrogens is 368 g/mol. The van der Waals surface area contributed by atoms with Crippen molar-refractivity contribution in [2.24, 2.45) is 5.92 Å². The quantitative estimate of drug-likeness (QED) is 0.453. The lowest BCUT2D eigenvalue weighted by molar-refractivity contribution is -0.117. The van der Waals surface area contributed by atoms with E-state index >= 15 is 0 Å². The summed E-state index contributed by atoms with van der Waals surface area (Å²) in [6.07, 6.45) is 0.161. The molecule has 0 radical (unpaired) electrons. The number of benzene rings is 2. The predicted molar refractivity (Wildman–Crippen MR) is 86.5 cm³/mol. The number of halogens is 2. The van der Waals surface area contributed by atoms with Crippen molar-refractivity contribution < 1.29 is 14.4 Å². The predicted octanol–water partition coefficient (Wildman–Crippen LogP) is 3.91. The summed E-state index contributed by atoms with van der Waals surface area (Å²) in [7, 11) is 0. The fraction of sp³-hybridized carbons (Fsp3) is 0.118. The second-order valence-corrected chi connectivity index (χ2v) is 6.41. The third kappa shape index (κ3) is 2.53. The molecule has 0 amide bonds. The van der Waals surface area contributed by atoms with Crippen LogP contribution < -0.4 is 0 Å². The van der Waals surface area contributed by atoms with Gasteiger partial charge in [-0.3, -0.25) is 14.4 Å². The first-order valence-corrected chi connectivity index (χ1v) is 7.82. The number of ketones is 3. The molecule has 2 aromatic rings. The number of fused-ring (bicyclic) bond motifs is 1. The first-order valence-electron chi connectivity index (χ1n) is 6.64. The lowest BCUT2D eigenvalue weighted by Crippen LogP contribution is -2.37. The van der Waals surface area contributed by atoms with Gasteiger partial charge in [-0.15, -0.1) is 0 Å². The summed E-state index contributed by atoms with van der Waals surface area (Å²) in [6, 6.07) is 11.6. The van der Waals surface area contributed by atoms with Crippen LogP contribution >= 0.6 is 27.5 Å². The topological polar surface area (TPSA) is 51.2 Å². The van der Waals surface area contributed by atoms with E-state index in [0.29, 0.717) is 21.7 Å². The smallest absolute Gasteiger partial charge is 0.229 e. The second kappa shape index (κ2) is 5.78. The van der Waals surface area contributed by atoms with Gasteiger partial charge in [0.15, 0.2) is 5.78 Å². The Morgan fingerprint density at radius 2 is 1.77 bits per heavy atom. The van der Waals surface area contributed by atoms with Crippen LogP contribution in [0.15, 0.2) is 46.9 Å². The molecule has 0 heterocycles. The van der Waals surface area contributed by atoms with E-state index < -0.39 is 17.5 Å². The molecule has 0 saturated carbocycles. The molecule has 1 aliphatic carbocycles. The fourth-order valence-electron chi connectivity index (χ4n) is 2.59. The van der Waals surface area contributed by atoms with Crippen LogP contribution in [0.2, 0.25) is 5.02 Å². The normalized spacial score (nSPS) is 17.3. The molecule has 3 nitrogen and oxygen atoms in total. The molecule has 1 aliphatic rings. The molecular formula is C17H10BrClO3. The number of rotatable bonds is 2. The molecule has 110 valence electrons. The van der Waals surface area contributed by atoms with E-state index in [0.717, 1.165) is 4.47 Å². The number of carbonyl (C=O) groups excluding carboxylic acids is 3. The minimum atomic E-state index is -0.999. The number of Topliss-reactive ketones (excluding diaryl/α,β-unsaturated/α-hetero) is 3. The molecule has 0 spiro atoms. The van der Waals surface area contributed by atoms with Crippen molar-refractivity contribution in [3.05, 3.63) is 68.7 Å². The largest absolute Gasteiger partial charge is 0.293 e. The lowest BCUT2D eigenvalue weighted by atomic mass is 9.78. The van der Waals surface area contributed by atoms with Gasteiger partial charge in [0.25, 0.3) is 0 Å². The van der Waals surface area contributed by atoms with Gasteiger partial charge >= 0.3 is 0 Å². The number of hydrogen-bond acceptors (Lipinski definition) is 3. The van der Waals surface area contributed by atoms with E-state index in [1.807, 2.05) is 0 Å². The Hall–Kier alpha value is -1.78. The van der Waals surface area contributed by atoms with Crippen molar-refractivity contribution in [1.82, 2.24) is 0 Å². The van der Waals surface area contributed by atoms with Gasteiger partial charge in [-0.2, -0.15) is 0 Å². The molecule has 5 heteroatoms. The maximum atomic E-state index is 12.6. The highest BCUT2D eigenvalue weighted by atomic mass is 79.9. The van der Waals surface area contributed by atoms with E-state index in [-0.39, 0.29) is 12.2 Å². The first-order chi connectivity index (χ1) is 10.5. The van der Waals surface area contributed by atoms with Gasteiger partial charge in [0.1, 0.15) is 0 Å². The molecule has 0 N–H and O–H groups in total. The van der Waals surface area contributed by atoms with Gasteiger partial charge < -0.3 is 0 Å². The minimum Gasteiger partial charge on any atom is -0.293 e. The maximum absolute atomic E-state index is 12.6. The summed E-state index contributed by atoms with van der Waals surface area (Å²) in [4.78, 5) is 37.0. The average molecular weight is 378 g/mol. The Kier molecular flexibility index (Phi) is 3.98. The molecule has 1 unspecified atom stereocenters. The van der Waals surface area contributed by atoms with Crippen LogP contribution in [0.5, 0.6) is 0 Å². The molecule has 0 aromatic heterocycles. The van der Waals surface area contributed by atoms with Gasteiger partial charge in [0, 0.05) is 20.6 Å². The number of carbonyl (C=O) groups is 3. The Bertz CT molecular complexity index is 796. The van der Waals surface area contributed by atoms with Gasteiger partial charge in [-0.1, -0.05) is 51.8 Å². The Morgan fingerprint density at radius 3 is 2.45 bits per heavy atom. The van der Waals surface area contributed by atoms with Gasteiger partial charge in [-0.25, -0.2) is 0 Å². The standard InChI is InChI=1S/C17H10BrClO3/c18-10-6-4-9(5-7-10)15(20)13-8-12-11(16(21)17(13)22)2-1-3-14(12)19/h1-7,13H,8H2. The molecule has 0 saturated heterocycles. The van der Waals surface area contributed by atoms with Crippen LogP contribution in [-0.4, -0.2) is 17.3 Å². The highest BCUT2D eigenvalue weighted by Crippen LogP contribution is 2.31. The van der Waals surface area contributed by atoms with Crippen LogP contribution in [0.4, 0.5) is 0 Å². The maximum Gasteiger partial charge on any atom is 0.229 e. The van der Waals surface area contributed by atoms with Crippen molar-refractivity contribution in [2.75, 3.05) is 0 Å². The van der Waals surface area contributed by atoms with Crippen LogP contribution in [0.25, 0.3) is 0 Å². The van der Waals surface area contributed by atoms with E-state index in [4.69, 9.17) is 11.6 Å². The Morgan fingerprint density at radius 1 is 1.09 bits per heavy atom. The third-order valence-corrected chi connectivity index (χ3v) is 4.64. The molecule has 0 bridgehead atoms. The van der Waals surface area contributed by atoms with E-state index in [1.165, 1.54) is 0 Å². The van der Waals surface area contributed by atoms with Crippen LogP contribution in [-0.2, 0) is 11.2 Å². The van der Waals surface area contributed by atoms with Crippen molar-refractivity contribution >= 4 is 44.9 Å². The summed E-state index contributed by atoms with van der Waals surface area (Å²) >= 11 is 9.40. The Balaban J connectivity index is 2.00. The summed E-state index contributed by atoms with van der Waals surface area (Å²) in [5.41, 5.74) is 1.28. The van der Waals surface area contributed by atoms with E-state index in [9.17, 15) is 14.4 Å². The minimum absolute atomic E-state index is 0.161. The summed E-state index contributed by atoms with van der Waals surface area (Å²) in [5, 5.41) is 0.409. The lowest BCUT2D eigenvalue weighted by Gasteiger charge is -2.22. The molecule has 1 atom stereocenters. The highest BCUT2D eigenvalue weighted by molar-refractivity contribution is 9.10. The number of hydrogen-bond donors (Lipinski definition) is 0. The van der Waals surface area contributed by atoms with Crippen molar-refractivity contribution in [3.63, 3.8) is 0 Å². The molecule has 22 heavy (non-hydrogen) atoms. The van der Waals surface area contributed by atoms with Crippen molar-refractivity contribution in [1.29, 1.82) is 0 Å². The van der Waals surface area contributed by atoms with Crippen molar-refractivity contribution in [2.45, 2.75) is 6.42 Å². The Labute approximate surface area is 140 Å². The molecule has 0 aliphatic heterocycles. The molecule has 0 fully saturated rings. The van der Waals surface area contributed by atoms with Crippen LogP contribution in [0.3, 0.4) is 0 Å².